The first-order valence-corrected chi connectivity index (χ1v) is 10.7. The van der Waals surface area contributed by atoms with Crippen molar-refractivity contribution in [3.63, 3.8) is 0 Å². The van der Waals surface area contributed by atoms with Crippen molar-refractivity contribution in [3.05, 3.63) is 66.6 Å². The number of nitrogens with one attached hydrogen (secondary N) is 1. The minimum absolute atomic E-state index is 0.0449. The fraction of sp³-hybridized carbons (Fsp3) is 0.292. The van der Waals surface area contributed by atoms with E-state index in [4.69, 9.17) is 4.74 Å². The van der Waals surface area contributed by atoms with Crippen molar-refractivity contribution in [2.75, 3.05) is 13.1 Å². The van der Waals surface area contributed by atoms with Gasteiger partial charge in [0.2, 0.25) is 0 Å². The van der Waals surface area contributed by atoms with Crippen molar-refractivity contribution < 1.29 is 9.53 Å². The summed E-state index contributed by atoms with van der Waals surface area (Å²) in [6.45, 7) is 1.89. The molecular weight excluding hydrogens is 404 g/mol. The molecule has 1 saturated heterocycles. The van der Waals surface area contributed by atoms with E-state index in [0.29, 0.717) is 17.0 Å². The van der Waals surface area contributed by atoms with Crippen LogP contribution in [0.4, 0.5) is 0 Å². The van der Waals surface area contributed by atoms with Crippen LogP contribution in [0.3, 0.4) is 0 Å². The maximum absolute atomic E-state index is 12.9. The number of rotatable bonds is 6. The molecule has 8 nitrogen and oxygen atoms in total. The summed E-state index contributed by atoms with van der Waals surface area (Å²) in [5.41, 5.74) is 3.97. The Hall–Kier alpha value is -3.65. The van der Waals surface area contributed by atoms with Gasteiger partial charge in [-0.3, -0.25) is 24.4 Å². The Labute approximate surface area is 185 Å². The molecule has 0 bridgehead atoms. The van der Waals surface area contributed by atoms with Crippen molar-refractivity contribution >= 4 is 16.7 Å². The molecule has 1 aliphatic rings. The van der Waals surface area contributed by atoms with E-state index in [9.17, 15) is 4.79 Å². The number of nitrogens with zero attached hydrogens (tertiary/aromatic N) is 5. The number of Topliss-reactive ketones (excluding diaryl/α,β-unsaturated/α-hetero) is 1. The largest absolute Gasteiger partial charge is 0.489 e. The number of aromatic nitrogens is 5. The lowest BCUT2D eigenvalue weighted by Crippen LogP contribution is -2.34. The summed E-state index contributed by atoms with van der Waals surface area (Å²) >= 11 is 0. The molecule has 0 atom stereocenters. The topological polar surface area (TPSA) is 94.8 Å². The van der Waals surface area contributed by atoms with Gasteiger partial charge in [-0.1, -0.05) is 0 Å². The minimum atomic E-state index is -0.0449. The fourth-order valence-electron chi connectivity index (χ4n) is 3.91. The molecule has 0 amide bonds. The Balaban J connectivity index is 1.33. The number of carbonyl (C=O) groups excluding carboxylic acids is 1. The highest BCUT2D eigenvalue weighted by Crippen LogP contribution is 2.23. The second-order valence-corrected chi connectivity index (χ2v) is 8.07. The molecule has 0 saturated carbocycles. The number of aryl methyl sites for hydroxylation is 1. The number of fused-ring (bicyclic) bond motifs is 1. The molecule has 4 aromatic rings. The number of pyridine rings is 3. The number of hydrogen-bond donors (Lipinski definition) is 1. The lowest BCUT2D eigenvalue weighted by atomic mass is 10.1. The maximum Gasteiger partial charge on any atom is 0.170 e. The van der Waals surface area contributed by atoms with Crippen molar-refractivity contribution in [2.24, 2.45) is 7.05 Å². The third kappa shape index (κ3) is 4.50. The average molecular weight is 428 g/mol. The van der Waals surface area contributed by atoms with Gasteiger partial charge in [-0.2, -0.15) is 5.10 Å². The van der Waals surface area contributed by atoms with Crippen LogP contribution in [-0.2, 0) is 13.5 Å². The van der Waals surface area contributed by atoms with Gasteiger partial charge in [0, 0.05) is 53.4 Å². The van der Waals surface area contributed by atoms with E-state index in [0.717, 1.165) is 48.0 Å². The number of ether oxygens (including phenoxy) is 1. The summed E-state index contributed by atoms with van der Waals surface area (Å²) in [7, 11) is 1.88. The first-order valence-electron chi connectivity index (χ1n) is 10.7. The Morgan fingerprint density at radius 3 is 2.75 bits per heavy atom. The summed E-state index contributed by atoms with van der Waals surface area (Å²) in [6, 6.07) is 5.74. The van der Waals surface area contributed by atoms with Crippen LogP contribution in [-0.4, -0.2) is 49.7 Å². The zero-order valence-corrected chi connectivity index (χ0v) is 17.9. The van der Waals surface area contributed by atoms with Gasteiger partial charge in [0.25, 0.3) is 0 Å². The molecule has 0 unspecified atom stereocenters. The number of piperidine rings is 1. The van der Waals surface area contributed by atoms with Gasteiger partial charge >= 0.3 is 0 Å². The Morgan fingerprint density at radius 2 is 1.94 bits per heavy atom. The van der Waals surface area contributed by atoms with Crippen LogP contribution >= 0.6 is 0 Å². The second kappa shape index (κ2) is 8.84. The molecule has 32 heavy (non-hydrogen) atoms. The third-order valence-corrected chi connectivity index (χ3v) is 5.63. The normalized spacial score (nSPS) is 14.5. The van der Waals surface area contributed by atoms with Gasteiger partial charge in [0.05, 0.1) is 30.5 Å². The van der Waals surface area contributed by atoms with Crippen molar-refractivity contribution in [3.8, 4) is 16.9 Å². The van der Waals surface area contributed by atoms with E-state index >= 15 is 0 Å². The molecule has 8 heteroatoms. The van der Waals surface area contributed by atoms with Crippen molar-refractivity contribution in [1.82, 2.24) is 30.0 Å². The Bertz CT molecular complexity index is 1260. The van der Waals surface area contributed by atoms with Crippen LogP contribution in [0, 0.1) is 0 Å². The van der Waals surface area contributed by atoms with Crippen LogP contribution in [0.25, 0.3) is 22.0 Å². The van der Waals surface area contributed by atoms with E-state index < -0.39 is 0 Å². The first kappa shape index (κ1) is 20.3. The maximum atomic E-state index is 12.9. The molecule has 0 spiro atoms. The summed E-state index contributed by atoms with van der Waals surface area (Å²) in [4.78, 5) is 26.1. The van der Waals surface area contributed by atoms with E-state index in [1.54, 1.807) is 35.5 Å². The van der Waals surface area contributed by atoms with Gasteiger partial charge in [-0.15, -0.1) is 0 Å². The first-order chi connectivity index (χ1) is 15.6. The molecule has 1 fully saturated rings. The van der Waals surface area contributed by atoms with Crippen LogP contribution in [0.1, 0.15) is 28.9 Å². The van der Waals surface area contributed by atoms with Crippen molar-refractivity contribution in [2.45, 2.75) is 25.4 Å². The zero-order valence-electron chi connectivity index (χ0n) is 17.9. The van der Waals surface area contributed by atoms with Crippen LogP contribution < -0.4 is 10.1 Å². The summed E-state index contributed by atoms with van der Waals surface area (Å²) in [6.07, 6.45) is 12.8. The standard InChI is InChI=1S/C24H24N6O2/c1-30-15-19(12-29-30)17-6-16-7-20(27-14-23(16)28-11-17)9-24(31)18-8-22(13-26-10-18)32-21-2-4-25-5-3-21/h6-8,10-15,21,25H,2-5,9H2,1H3. The molecule has 1 N–H and O–H groups in total. The molecule has 5 heterocycles. The molecule has 4 aromatic heterocycles. The highest BCUT2D eigenvalue weighted by atomic mass is 16.5. The molecule has 0 aromatic carbocycles. The lowest BCUT2D eigenvalue weighted by molar-refractivity contribution is 0.0990. The van der Waals surface area contributed by atoms with Gasteiger partial charge in [0.15, 0.2) is 5.78 Å². The monoisotopic (exact) mass is 428 g/mol. The molecule has 0 aliphatic carbocycles. The highest BCUT2D eigenvalue weighted by Gasteiger charge is 2.16. The van der Waals surface area contributed by atoms with Crippen LogP contribution in [0.15, 0.2) is 55.4 Å². The molecular formula is C24H24N6O2. The van der Waals surface area contributed by atoms with Crippen LogP contribution in [0.2, 0.25) is 0 Å². The Kier molecular flexibility index (Phi) is 5.60. The average Bonchev–Trinajstić information content (AvgIpc) is 3.26. The predicted molar refractivity (Wildman–Crippen MR) is 121 cm³/mol. The lowest BCUT2D eigenvalue weighted by Gasteiger charge is -2.23. The van der Waals surface area contributed by atoms with E-state index in [2.05, 4.69) is 25.4 Å². The number of carbonyl (C=O) groups is 1. The van der Waals surface area contributed by atoms with E-state index in [1.807, 2.05) is 31.6 Å². The Morgan fingerprint density at radius 1 is 1.06 bits per heavy atom. The molecule has 5 rings (SSSR count). The SMILES string of the molecule is Cn1cc(-c2cnc3cnc(CC(=O)c4cncc(OC5CCNCC5)c4)cc3c2)cn1. The quantitative estimate of drug-likeness (QED) is 0.472. The van der Waals surface area contributed by atoms with Crippen LogP contribution in [0.5, 0.6) is 5.75 Å². The van der Waals surface area contributed by atoms with Gasteiger partial charge in [-0.25, -0.2) is 0 Å². The molecule has 0 radical (unpaired) electrons. The van der Waals surface area contributed by atoms with Gasteiger partial charge < -0.3 is 10.1 Å². The molecule has 1 aliphatic heterocycles. The highest BCUT2D eigenvalue weighted by molar-refractivity contribution is 5.97. The van der Waals surface area contributed by atoms with E-state index in [1.165, 1.54) is 0 Å². The van der Waals surface area contributed by atoms with Gasteiger partial charge in [0.1, 0.15) is 11.9 Å². The number of hydrogen-bond acceptors (Lipinski definition) is 7. The summed E-state index contributed by atoms with van der Waals surface area (Å²) in [5, 5.41) is 8.47. The number of ketones is 1. The summed E-state index contributed by atoms with van der Waals surface area (Å²) < 4.78 is 7.78. The zero-order chi connectivity index (χ0) is 21.9. The fourth-order valence-corrected chi connectivity index (χ4v) is 3.91. The van der Waals surface area contributed by atoms with Gasteiger partial charge in [-0.05, 0) is 44.1 Å². The second-order valence-electron chi connectivity index (χ2n) is 8.07. The van der Waals surface area contributed by atoms with Crippen molar-refractivity contribution in [1.29, 1.82) is 0 Å². The molecule has 162 valence electrons. The predicted octanol–water partition coefficient (Wildman–Crippen LogP) is 2.98. The third-order valence-electron chi connectivity index (χ3n) is 5.63. The van der Waals surface area contributed by atoms with E-state index in [-0.39, 0.29) is 18.3 Å². The smallest absolute Gasteiger partial charge is 0.170 e. The minimum Gasteiger partial charge on any atom is -0.489 e. The summed E-state index contributed by atoms with van der Waals surface area (Å²) in [5.74, 6) is 0.594.